The smallest absolute Gasteiger partial charge is 0.339 e. The van der Waals surface area contributed by atoms with Crippen molar-refractivity contribution in [3.63, 3.8) is 0 Å². The molecule has 0 unspecified atom stereocenters. The minimum absolute atomic E-state index is 0.120. The van der Waals surface area contributed by atoms with Crippen LogP contribution in [0.5, 0.6) is 0 Å². The summed E-state index contributed by atoms with van der Waals surface area (Å²) in [5, 5.41) is 13.4. The van der Waals surface area contributed by atoms with E-state index < -0.39 is 16.0 Å². The van der Waals surface area contributed by atoms with Gasteiger partial charge in [0.05, 0.1) is 4.90 Å². The Hall–Kier alpha value is -4.18. The maximum atomic E-state index is 13.2. The van der Waals surface area contributed by atoms with E-state index in [4.69, 9.17) is 4.52 Å². The fourth-order valence-electron chi connectivity index (χ4n) is 3.99. The molecule has 4 aromatic rings. The molecule has 2 heterocycles. The number of pyridine rings is 1. The third-order valence-electron chi connectivity index (χ3n) is 6.01. The van der Waals surface area contributed by atoms with Crippen LogP contribution in [0.2, 0.25) is 0 Å². The number of hydrogen-bond acceptors (Lipinski definition) is 7. The van der Waals surface area contributed by atoms with Gasteiger partial charge in [0.1, 0.15) is 17.1 Å². The van der Waals surface area contributed by atoms with Gasteiger partial charge in [0.15, 0.2) is 5.82 Å². The van der Waals surface area contributed by atoms with Gasteiger partial charge in [0.25, 0.3) is 10.0 Å². The number of sulfonamides is 1. The van der Waals surface area contributed by atoms with Crippen molar-refractivity contribution in [2.45, 2.75) is 38.6 Å². The second-order valence-electron chi connectivity index (χ2n) is 8.61. The van der Waals surface area contributed by atoms with E-state index in [9.17, 15) is 18.3 Å². The fourth-order valence-corrected chi connectivity index (χ4v) is 5.28. The first-order valence-corrected chi connectivity index (χ1v) is 13.3. The highest BCUT2D eigenvalue weighted by atomic mass is 32.2. The number of nitrogens with one attached hydrogen (secondary N) is 1. The van der Waals surface area contributed by atoms with Gasteiger partial charge in [-0.25, -0.2) is 18.2 Å². The summed E-state index contributed by atoms with van der Waals surface area (Å²) < 4.78 is 34.1. The molecule has 0 saturated carbocycles. The number of carboxylic acids is 1. The molecule has 2 N–H and O–H groups in total. The van der Waals surface area contributed by atoms with Crippen molar-refractivity contribution < 1.29 is 22.8 Å². The molecule has 0 atom stereocenters. The van der Waals surface area contributed by atoms with Crippen molar-refractivity contribution in [2.24, 2.45) is 0 Å². The number of nitrogens with zero attached hydrogens (tertiary/aromatic N) is 3. The number of aryl methyl sites for hydroxylation is 1. The first-order valence-electron chi connectivity index (χ1n) is 11.8. The highest BCUT2D eigenvalue weighted by Gasteiger charge is 2.23. The molecule has 0 fully saturated rings. The minimum Gasteiger partial charge on any atom is -0.478 e. The molecule has 0 spiro atoms. The normalized spacial score (nSPS) is 11.3. The summed E-state index contributed by atoms with van der Waals surface area (Å²) in [6.45, 7) is 6.56. The fraction of sp³-hybridized carbons (Fsp3) is 0.222. The van der Waals surface area contributed by atoms with Crippen LogP contribution in [-0.4, -0.2) is 36.2 Å². The summed E-state index contributed by atoms with van der Waals surface area (Å²) in [5.74, 6) is 0.0950. The second-order valence-corrected chi connectivity index (χ2v) is 10.3. The Morgan fingerprint density at radius 3 is 2.43 bits per heavy atom. The van der Waals surface area contributed by atoms with Crippen LogP contribution in [0.3, 0.4) is 0 Å². The van der Waals surface area contributed by atoms with E-state index >= 15 is 0 Å². The number of aromatic nitrogens is 2. The van der Waals surface area contributed by atoms with Gasteiger partial charge in [0, 0.05) is 30.4 Å². The number of hydrogen-bond donors (Lipinski definition) is 2. The lowest BCUT2D eigenvalue weighted by atomic mass is 10.0. The van der Waals surface area contributed by atoms with E-state index in [2.05, 4.69) is 14.9 Å². The molecule has 2 aromatic carbocycles. The molecule has 0 saturated heterocycles. The van der Waals surface area contributed by atoms with E-state index in [0.29, 0.717) is 35.8 Å². The van der Waals surface area contributed by atoms with E-state index in [0.717, 1.165) is 17.5 Å². The Balaban J connectivity index is 1.61. The summed E-state index contributed by atoms with van der Waals surface area (Å²) >= 11 is 0. The lowest BCUT2D eigenvalue weighted by molar-refractivity contribution is 0.0697. The second kappa shape index (κ2) is 10.8. The Bertz CT molecular complexity index is 1510. The summed E-state index contributed by atoms with van der Waals surface area (Å²) in [4.78, 5) is 18.1. The number of rotatable bonds is 10. The molecule has 0 aliphatic heterocycles. The van der Waals surface area contributed by atoms with Crippen molar-refractivity contribution in [2.75, 3.05) is 16.2 Å². The molecular formula is C27H28N4O5S. The Morgan fingerprint density at radius 1 is 1.05 bits per heavy atom. The molecule has 0 aliphatic rings. The predicted octanol–water partition coefficient (Wildman–Crippen LogP) is 5.27. The highest BCUT2D eigenvalue weighted by Crippen LogP contribution is 2.30. The van der Waals surface area contributed by atoms with Crippen LogP contribution in [0.4, 0.5) is 11.6 Å². The van der Waals surface area contributed by atoms with Gasteiger partial charge in [-0.2, -0.15) is 0 Å². The van der Waals surface area contributed by atoms with Crippen molar-refractivity contribution >= 4 is 27.6 Å². The molecule has 0 radical (unpaired) electrons. The van der Waals surface area contributed by atoms with Gasteiger partial charge in [-0.1, -0.05) is 54.5 Å². The number of carboxylic acid groups (broad SMARTS) is 1. The summed E-state index contributed by atoms with van der Waals surface area (Å²) in [6.07, 6.45) is 2.40. The lowest BCUT2D eigenvalue weighted by Gasteiger charge is -2.24. The lowest BCUT2D eigenvalue weighted by Crippen LogP contribution is -2.26. The first kappa shape index (κ1) is 25.9. The number of benzene rings is 2. The SMILES string of the molecule is CCCN(Cc1ccc(-c2ccccc2S(=O)(=O)Nc2noc(C)c2C)cc1)c1ncccc1C(=O)O. The van der Waals surface area contributed by atoms with Crippen molar-refractivity contribution in [3.8, 4) is 11.1 Å². The van der Waals surface area contributed by atoms with Gasteiger partial charge in [0.2, 0.25) is 0 Å². The summed E-state index contributed by atoms with van der Waals surface area (Å²) in [5.41, 5.74) is 2.98. The third-order valence-corrected chi connectivity index (χ3v) is 7.41. The van der Waals surface area contributed by atoms with Gasteiger partial charge in [-0.3, -0.25) is 4.72 Å². The van der Waals surface area contributed by atoms with E-state index in [-0.39, 0.29) is 16.3 Å². The average Bonchev–Trinajstić information content (AvgIpc) is 3.20. The van der Waals surface area contributed by atoms with E-state index in [1.165, 1.54) is 0 Å². The minimum atomic E-state index is -3.93. The Kier molecular flexibility index (Phi) is 7.58. The quantitative estimate of drug-likeness (QED) is 0.290. The molecule has 0 amide bonds. The van der Waals surface area contributed by atoms with Crippen LogP contribution in [0.1, 0.15) is 40.6 Å². The maximum absolute atomic E-state index is 13.2. The summed E-state index contributed by atoms with van der Waals surface area (Å²) in [6, 6.07) is 17.4. The molecule has 0 aliphatic carbocycles. The average molecular weight is 521 g/mol. The van der Waals surface area contributed by atoms with Gasteiger partial charge < -0.3 is 14.5 Å². The first-order chi connectivity index (χ1) is 17.7. The van der Waals surface area contributed by atoms with Gasteiger partial charge in [-0.05, 0) is 49.6 Å². The maximum Gasteiger partial charge on any atom is 0.339 e. The van der Waals surface area contributed by atoms with Crippen molar-refractivity contribution in [1.29, 1.82) is 0 Å². The van der Waals surface area contributed by atoms with Crippen molar-refractivity contribution in [3.05, 3.63) is 89.3 Å². The molecule has 4 rings (SSSR count). The van der Waals surface area contributed by atoms with Crippen LogP contribution >= 0.6 is 0 Å². The predicted molar refractivity (Wildman–Crippen MR) is 141 cm³/mol. The van der Waals surface area contributed by atoms with E-state index in [1.807, 2.05) is 36.1 Å². The van der Waals surface area contributed by atoms with Gasteiger partial charge >= 0.3 is 5.97 Å². The van der Waals surface area contributed by atoms with Crippen LogP contribution in [0.25, 0.3) is 11.1 Å². The van der Waals surface area contributed by atoms with Crippen molar-refractivity contribution in [1.82, 2.24) is 10.1 Å². The zero-order valence-corrected chi connectivity index (χ0v) is 21.6. The topological polar surface area (TPSA) is 126 Å². The molecule has 2 aromatic heterocycles. The zero-order valence-electron chi connectivity index (χ0n) is 20.8. The largest absolute Gasteiger partial charge is 0.478 e. The van der Waals surface area contributed by atoms with Crippen LogP contribution in [0.15, 0.2) is 76.3 Å². The van der Waals surface area contributed by atoms with Crippen LogP contribution in [-0.2, 0) is 16.6 Å². The zero-order chi connectivity index (χ0) is 26.6. The van der Waals surface area contributed by atoms with E-state index in [1.54, 1.807) is 56.4 Å². The van der Waals surface area contributed by atoms with Gasteiger partial charge in [-0.15, -0.1) is 0 Å². The molecule has 37 heavy (non-hydrogen) atoms. The number of carbonyl (C=O) groups is 1. The van der Waals surface area contributed by atoms with Crippen LogP contribution < -0.4 is 9.62 Å². The van der Waals surface area contributed by atoms with Crippen LogP contribution in [0, 0.1) is 13.8 Å². The molecule has 9 nitrogen and oxygen atoms in total. The monoisotopic (exact) mass is 520 g/mol. The Labute approximate surface area is 215 Å². The Morgan fingerprint density at radius 2 is 1.78 bits per heavy atom. The highest BCUT2D eigenvalue weighted by molar-refractivity contribution is 7.92. The standard InChI is InChI=1S/C27H28N4O5S/c1-4-16-31(26-23(27(32)33)9-7-15-28-26)17-20-11-13-21(14-12-20)22-8-5-6-10-24(22)37(34,35)30-25-18(2)19(3)36-29-25/h5-15H,4,16-17H2,1-3H3,(H,29,30)(H,32,33). The number of aromatic carboxylic acids is 1. The molecule has 192 valence electrons. The third kappa shape index (κ3) is 5.64. The molecule has 10 heteroatoms. The molecular weight excluding hydrogens is 492 g/mol. The number of anilines is 2. The molecule has 0 bridgehead atoms. The summed E-state index contributed by atoms with van der Waals surface area (Å²) in [7, 11) is -3.93.